The normalized spacial score (nSPS) is 11.0. The molecule has 6 aromatic carbocycles. The molecule has 292 valence electrons. The third-order valence-corrected chi connectivity index (χ3v) is 11.1. The van der Waals surface area contributed by atoms with Crippen LogP contribution in [0.1, 0.15) is 15.9 Å². The van der Waals surface area contributed by atoms with Crippen molar-refractivity contribution in [2.45, 2.75) is 0 Å². The van der Waals surface area contributed by atoms with Crippen molar-refractivity contribution in [2.75, 3.05) is 0 Å². The second kappa shape index (κ2) is 17.1. The summed E-state index contributed by atoms with van der Waals surface area (Å²) in [6, 6.07) is 61.5. The number of nitrogens with zero attached hydrogens (tertiary/aromatic N) is 4. The molecule has 0 bridgehead atoms. The van der Waals surface area contributed by atoms with E-state index in [9.17, 15) is 0 Å². The molecule has 0 N–H and O–H groups in total. The van der Waals surface area contributed by atoms with Gasteiger partial charge < -0.3 is 0 Å². The lowest BCUT2D eigenvalue weighted by molar-refractivity contribution is 0.103. The molecule has 5 heteroatoms. The lowest BCUT2D eigenvalue weighted by Crippen LogP contribution is -2.04. The van der Waals surface area contributed by atoms with Gasteiger partial charge in [-0.05, 0) is 105 Å². The van der Waals surface area contributed by atoms with Crippen LogP contribution in [0.3, 0.4) is 0 Å². The Hall–Kier alpha value is -8.41. The molecule has 0 saturated heterocycles. The van der Waals surface area contributed by atoms with Crippen molar-refractivity contribution in [1.82, 2.24) is 19.9 Å². The fourth-order valence-electron chi connectivity index (χ4n) is 7.90. The Balaban J connectivity index is 1.13. The number of benzene rings is 6. The zero-order valence-electron chi connectivity index (χ0n) is 33.6. The maximum absolute atomic E-state index is 15.3. The summed E-state index contributed by atoms with van der Waals surface area (Å²) in [7, 11) is 0. The van der Waals surface area contributed by atoms with E-state index in [1.807, 2.05) is 147 Å². The van der Waals surface area contributed by atoms with Crippen LogP contribution in [0.4, 0.5) is 0 Å². The van der Waals surface area contributed by atoms with Crippen molar-refractivity contribution >= 4 is 5.78 Å². The van der Waals surface area contributed by atoms with Crippen LogP contribution in [0.15, 0.2) is 232 Å². The van der Waals surface area contributed by atoms with Gasteiger partial charge in [0.1, 0.15) is 0 Å². The number of hydrogen-bond acceptors (Lipinski definition) is 5. The first-order valence-electron chi connectivity index (χ1n) is 20.5. The lowest BCUT2D eigenvalue weighted by Gasteiger charge is -2.14. The molecule has 0 atom stereocenters. The van der Waals surface area contributed by atoms with Crippen LogP contribution in [-0.2, 0) is 0 Å². The van der Waals surface area contributed by atoms with Gasteiger partial charge >= 0.3 is 0 Å². The smallest absolute Gasteiger partial charge is 0.193 e. The van der Waals surface area contributed by atoms with Gasteiger partial charge in [0.2, 0.25) is 0 Å². The largest absolute Gasteiger partial charge is 0.289 e. The van der Waals surface area contributed by atoms with Gasteiger partial charge in [0.05, 0.1) is 0 Å². The van der Waals surface area contributed by atoms with Gasteiger partial charge in [0, 0.05) is 105 Å². The Bertz CT molecular complexity index is 2770. The molecule has 0 saturated carbocycles. The van der Waals surface area contributed by atoms with E-state index in [1.54, 1.807) is 0 Å². The molecular formula is C57H38N4O. The Morgan fingerprint density at radius 2 is 0.419 bits per heavy atom. The van der Waals surface area contributed by atoms with Crippen LogP contribution < -0.4 is 0 Å². The average molecular weight is 795 g/mol. The zero-order valence-corrected chi connectivity index (χ0v) is 33.6. The van der Waals surface area contributed by atoms with E-state index in [1.165, 1.54) is 0 Å². The first-order chi connectivity index (χ1) is 30.6. The van der Waals surface area contributed by atoms with E-state index in [2.05, 4.69) is 105 Å². The van der Waals surface area contributed by atoms with Crippen LogP contribution in [0.5, 0.6) is 0 Å². The van der Waals surface area contributed by atoms with Gasteiger partial charge in [-0.3, -0.25) is 24.7 Å². The van der Waals surface area contributed by atoms with Crippen LogP contribution in [0.2, 0.25) is 0 Å². The molecule has 0 unspecified atom stereocenters. The molecule has 0 aliphatic rings. The van der Waals surface area contributed by atoms with Crippen molar-refractivity contribution in [3.8, 4) is 89.0 Å². The molecule has 0 amide bonds. The highest BCUT2D eigenvalue weighted by atomic mass is 16.1. The van der Waals surface area contributed by atoms with Gasteiger partial charge in [-0.25, -0.2) is 0 Å². The maximum atomic E-state index is 15.3. The number of ketones is 1. The summed E-state index contributed by atoms with van der Waals surface area (Å²) in [6.45, 7) is 0. The van der Waals surface area contributed by atoms with Gasteiger partial charge in [-0.15, -0.1) is 0 Å². The summed E-state index contributed by atoms with van der Waals surface area (Å²) >= 11 is 0. The summed E-state index contributed by atoms with van der Waals surface area (Å²) in [5.74, 6) is -0.116. The van der Waals surface area contributed by atoms with Crippen LogP contribution in [0, 0.1) is 0 Å². The molecule has 62 heavy (non-hydrogen) atoms. The number of carbonyl (C=O) groups excluding carboxylic acids is 1. The van der Waals surface area contributed by atoms with E-state index >= 15 is 4.79 Å². The molecule has 0 aliphatic heterocycles. The highest BCUT2D eigenvalue weighted by Crippen LogP contribution is 2.36. The molecule has 10 rings (SSSR count). The van der Waals surface area contributed by atoms with Gasteiger partial charge in [-0.2, -0.15) is 0 Å². The van der Waals surface area contributed by atoms with E-state index < -0.39 is 0 Å². The molecule has 5 nitrogen and oxygen atoms in total. The molecule has 0 spiro atoms. The number of pyridine rings is 4. The fraction of sp³-hybridized carbons (Fsp3) is 0. The van der Waals surface area contributed by atoms with Crippen molar-refractivity contribution < 1.29 is 4.79 Å². The molecule has 4 heterocycles. The quantitative estimate of drug-likeness (QED) is 0.129. The Labute approximate surface area is 360 Å². The van der Waals surface area contributed by atoms with Crippen LogP contribution in [0.25, 0.3) is 89.0 Å². The van der Waals surface area contributed by atoms with E-state index in [4.69, 9.17) is 0 Å². The lowest BCUT2D eigenvalue weighted by atomic mass is 9.90. The van der Waals surface area contributed by atoms with Crippen molar-refractivity contribution in [1.29, 1.82) is 0 Å². The molecular weight excluding hydrogens is 757 g/mol. The third kappa shape index (κ3) is 8.11. The number of hydrogen-bond donors (Lipinski definition) is 0. The standard InChI is InChI=1S/C57H38N4O/c62-57(47-23-43(53-27-49(31-58-35-53)39-13-5-1-6-14-39)21-44(24-47)54-28-50(32-59-36-54)40-15-7-2-8-16-40)48-25-45(55-29-51(33-60-37-55)41-17-9-3-10-18-41)22-46(26-48)56-30-52(34-61-38-56)42-19-11-4-12-20-42/h1-38H. The molecule has 0 fully saturated rings. The second-order valence-electron chi connectivity index (χ2n) is 15.2. The Kier molecular flexibility index (Phi) is 10.4. The Morgan fingerprint density at radius 3 is 0.645 bits per heavy atom. The average Bonchev–Trinajstić information content (AvgIpc) is 3.37. The Morgan fingerprint density at radius 1 is 0.226 bits per heavy atom. The van der Waals surface area contributed by atoms with E-state index in [0.29, 0.717) is 11.1 Å². The number of rotatable bonds is 10. The summed E-state index contributed by atoms with van der Waals surface area (Å²) < 4.78 is 0. The zero-order chi connectivity index (χ0) is 41.7. The summed E-state index contributed by atoms with van der Waals surface area (Å²) in [6.07, 6.45) is 14.9. The SMILES string of the molecule is O=C(c1cc(-c2cncc(-c3ccccc3)c2)cc(-c2cncc(-c3ccccc3)c2)c1)c1cc(-c2cncc(-c3ccccc3)c2)cc(-c2cncc(-c3ccccc3)c2)c1. The molecule has 0 radical (unpaired) electrons. The predicted octanol–water partition coefficient (Wildman–Crippen LogP) is 13.8. The molecule has 0 aliphatic carbocycles. The van der Waals surface area contributed by atoms with Gasteiger partial charge in [0.15, 0.2) is 5.78 Å². The predicted molar refractivity (Wildman–Crippen MR) is 251 cm³/mol. The minimum atomic E-state index is -0.116. The summed E-state index contributed by atoms with van der Waals surface area (Å²) in [5, 5.41) is 0. The van der Waals surface area contributed by atoms with Gasteiger partial charge in [0.25, 0.3) is 0 Å². The first-order valence-corrected chi connectivity index (χ1v) is 20.5. The van der Waals surface area contributed by atoms with E-state index in [0.717, 1.165) is 89.0 Å². The van der Waals surface area contributed by atoms with Crippen molar-refractivity contribution in [3.63, 3.8) is 0 Å². The van der Waals surface area contributed by atoms with Gasteiger partial charge in [-0.1, -0.05) is 121 Å². The fourth-order valence-corrected chi connectivity index (χ4v) is 7.90. The maximum Gasteiger partial charge on any atom is 0.193 e. The van der Waals surface area contributed by atoms with Crippen molar-refractivity contribution in [3.05, 3.63) is 243 Å². The third-order valence-electron chi connectivity index (χ3n) is 11.1. The minimum Gasteiger partial charge on any atom is -0.289 e. The monoisotopic (exact) mass is 794 g/mol. The summed E-state index contributed by atoms with van der Waals surface area (Å²) in [5.41, 5.74) is 16.4. The second-order valence-corrected chi connectivity index (χ2v) is 15.2. The highest BCUT2D eigenvalue weighted by molar-refractivity contribution is 6.11. The summed E-state index contributed by atoms with van der Waals surface area (Å²) in [4.78, 5) is 33.9. The minimum absolute atomic E-state index is 0.116. The van der Waals surface area contributed by atoms with Crippen LogP contribution >= 0.6 is 0 Å². The topological polar surface area (TPSA) is 68.6 Å². The number of carbonyl (C=O) groups is 1. The highest BCUT2D eigenvalue weighted by Gasteiger charge is 2.18. The van der Waals surface area contributed by atoms with E-state index in [-0.39, 0.29) is 5.78 Å². The van der Waals surface area contributed by atoms with Crippen molar-refractivity contribution in [2.24, 2.45) is 0 Å². The first kappa shape index (κ1) is 37.8. The van der Waals surface area contributed by atoms with Crippen LogP contribution in [-0.4, -0.2) is 25.7 Å². The number of aromatic nitrogens is 4. The molecule has 10 aromatic rings. The molecule has 4 aromatic heterocycles.